The van der Waals surface area contributed by atoms with E-state index < -0.39 is 0 Å². The third kappa shape index (κ3) is 2.48. The first-order valence-electron chi connectivity index (χ1n) is 5.50. The number of hydrogen-bond acceptors (Lipinski definition) is 4. The first-order valence-corrected chi connectivity index (χ1v) is 5.50. The number of aromatic nitrogens is 2. The van der Waals surface area contributed by atoms with Crippen LogP contribution in [0.1, 0.15) is 23.8 Å². The summed E-state index contributed by atoms with van der Waals surface area (Å²) in [6.45, 7) is 3.18. The molecule has 0 aromatic carbocycles. The van der Waals surface area contributed by atoms with Gasteiger partial charge >= 0.3 is 0 Å². The summed E-state index contributed by atoms with van der Waals surface area (Å²) in [4.78, 5) is 11.2. The van der Waals surface area contributed by atoms with E-state index in [9.17, 15) is 4.79 Å². The van der Waals surface area contributed by atoms with Crippen molar-refractivity contribution in [3.8, 4) is 0 Å². The van der Waals surface area contributed by atoms with Crippen LogP contribution in [-0.2, 0) is 0 Å². The van der Waals surface area contributed by atoms with Gasteiger partial charge in [0.05, 0.1) is 0 Å². The molecule has 0 aliphatic heterocycles. The minimum atomic E-state index is -0.213. The van der Waals surface area contributed by atoms with Gasteiger partial charge in [0.2, 0.25) is 0 Å². The van der Waals surface area contributed by atoms with Crippen molar-refractivity contribution < 1.29 is 4.79 Å². The zero-order valence-electron chi connectivity index (χ0n) is 9.53. The van der Waals surface area contributed by atoms with Gasteiger partial charge in [-0.05, 0) is 30.4 Å². The van der Waals surface area contributed by atoms with Crippen LogP contribution >= 0.6 is 0 Å². The van der Waals surface area contributed by atoms with Gasteiger partial charge in [0, 0.05) is 13.6 Å². The summed E-state index contributed by atoms with van der Waals surface area (Å²) in [7, 11) is 1.57. The topological polar surface area (TPSA) is 66.9 Å². The van der Waals surface area contributed by atoms with Crippen LogP contribution in [0.5, 0.6) is 0 Å². The Morgan fingerprint density at radius 3 is 2.75 bits per heavy atom. The van der Waals surface area contributed by atoms with Crippen molar-refractivity contribution in [2.24, 2.45) is 11.8 Å². The summed E-state index contributed by atoms with van der Waals surface area (Å²) < 4.78 is 0. The standard InChI is InChI=1S/C11H16N4O/c1-7-5-8(7)6-13-10-4-3-9(14-15-10)11(16)12-2/h3-4,7-8H,5-6H2,1-2H3,(H,12,16)(H,13,15). The third-order valence-corrected chi connectivity index (χ3v) is 2.95. The summed E-state index contributed by atoms with van der Waals surface area (Å²) in [5.41, 5.74) is 0.341. The maximum atomic E-state index is 11.2. The van der Waals surface area contributed by atoms with Crippen molar-refractivity contribution in [2.45, 2.75) is 13.3 Å². The first kappa shape index (κ1) is 10.9. The Hall–Kier alpha value is -1.65. The van der Waals surface area contributed by atoms with Gasteiger partial charge < -0.3 is 10.6 Å². The quantitative estimate of drug-likeness (QED) is 0.791. The molecule has 16 heavy (non-hydrogen) atoms. The number of nitrogens with zero attached hydrogens (tertiary/aromatic N) is 2. The molecular formula is C11H16N4O. The Bertz CT molecular complexity index is 376. The van der Waals surface area contributed by atoms with Gasteiger partial charge in [0.1, 0.15) is 5.82 Å². The Morgan fingerprint density at radius 2 is 2.25 bits per heavy atom. The molecule has 0 saturated heterocycles. The van der Waals surface area contributed by atoms with E-state index in [1.807, 2.05) is 0 Å². The van der Waals surface area contributed by atoms with Gasteiger partial charge in [0.15, 0.2) is 5.69 Å². The lowest BCUT2D eigenvalue weighted by atomic mass is 10.3. The van der Waals surface area contributed by atoms with Gasteiger partial charge in [0.25, 0.3) is 5.91 Å². The molecule has 5 nitrogen and oxygen atoms in total. The Kier molecular flexibility index (Phi) is 3.03. The van der Waals surface area contributed by atoms with Crippen molar-refractivity contribution in [3.05, 3.63) is 17.8 Å². The zero-order chi connectivity index (χ0) is 11.5. The molecule has 1 aliphatic carbocycles. The lowest BCUT2D eigenvalue weighted by Gasteiger charge is -2.04. The first-order chi connectivity index (χ1) is 7.70. The molecule has 1 aromatic heterocycles. The minimum absolute atomic E-state index is 0.213. The smallest absolute Gasteiger partial charge is 0.271 e. The van der Waals surface area contributed by atoms with Gasteiger partial charge in [-0.15, -0.1) is 10.2 Å². The minimum Gasteiger partial charge on any atom is -0.368 e. The van der Waals surface area contributed by atoms with E-state index in [-0.39, 0.29) is 5.91 Å². The lowest BCUT2D eigenvalue weighted by Crippen LogP contribution is -2.20. The SMILES string of the molecule is CNC(=O)c1ccc(NCC2CC2C)nn1. The molecule has 1 fully saturated rings. The summed E-state index contributed by atoms with van der Waals surface area (Å²) in [6, 6.07) is 3.45. The van der Waals surface area contributed by atoms with Crippen LogP contribution in [0.4, 0.5) is 5.82 Å². The van der Waals surface area contributed by atoms with Gasteiger partial charge in [-0.2, -0.15) is 0 Å². The number of carbonyl (C=O) groups is 1. The van der Waals surface area contributed by atoms with E-state index in [0.29, 0.717) is 5.69 Å². The van der Waals surface area contributed by atoms with Gasteiger partial charge in [-0.1, -0.05) is 6.92 Å². The zero-order valence-corrected chi connectivity index (χ0v) is 9.53. The van der Waals surface area contributed by atoms with E-state index in [1.165, 1.54) is 6.42 Å². The number of nitrogens with one attached hydrogen (secondary N) is 2. The molecule has 1 heterocycles. The van der Waals surface area contributed by atoms with Crippen LogP contribution in [0.2, 0.25) is 0 Å². The summed E-state index contributed by atoms with van der Waals surface area (Å²) >= 11 is 0. The molecule has 1 amide bonds. The number of hydrogen-bond donors (Lipinski definition) is 2. The fourth-order valence-corrected chi connectivity index (χ4v) is 1.59. The molecule has 5 heteroatoms. The molecular weight excluding hydrogens is 204 g/mol. The van der Waals surface area contributed by atoms with E-state index in [0.717, 1.165) is 24.2 Å². The molecule has 1 aliphatic rings. The molecule has 0 spiro atoms. The van der Waals surface area contributed by atoms with Crippen molar-refractivity contribution in [3.63, 3.8) is 0 Å². The maximum absolute atomic E-state index is 11.2. The lowest BCUT2D eigenvalue weighted by molar-refractivity contribution is 0.0957. The average Bonchev–Trinajstić information content (AvgIpc) is 3.02. The van der Waals surface area contributed by atoms with Crippen LogP contribution in [0, 0.1) is 11.8 Å². The molecule has 2 atom stereocenters. The van der Waals surface area contributed by atoms with E-state index in [1.54, 1.807) is 19.2 Å². The molecule has 0 bridgehead atoms. The highest BCUT2D eigenvalue weighted by Crippen LogP contribution is 2.37. The van der Waals surface area contributed by atoms with Crippen LogP contribution in [-0.4, -0.2) is 29.7 Å². The van der Waals surface area contributed by atoms with Crippen LogP contribution in [0.25, 0.3) is 0 Å². The highest BCUT2D eigenvalue weighted by Gasteiger charge is 2.31. The molecule has 1 aromatic rings. The second-order valence-corrected chi connectivity index (χ2v) is 4.24. The molecule has 2 rings (SSSR count). The van der Waals surface area contributed by atoms with E-state index >= 15 is 0 Å². The number of anilines is 1. The van der Waals surface area contributed by atoms with Crippen molar-refractivity contribution in [1.29, 1.82) is 0 Å². The Balaban J connectivity index is 1.89. The number of amides is 1. The normalized spacial score (nSPS) is 22.6. The van der Waals surface area contributed by atoms with Crippen molar-refractivity contribution >= 4 is 11.7 Å². The number of rotatable bonds is 4. The van der Waals surface area contributed by atoms with E-state index in [2.05, 4.69) is 27.8 Å². The van der Waals surface area contributed by atoms with Gasteiger partial charge in [-0.3, -0.25) is 4.79 Å². The maximum Gasteiger partial charge on any atom is 0.271 e. The predicted octanol–water partition coefficient (Wildman–Crippen LogP) is 0.904. The van der Waals surface area contributed by atoms with Crippen LogP contribution < -0.4 is 10.6 Å². The molecule has 86 valence electrons. The second-order valence-electron chi connectivity index (χ2n) is 4.24. The van der Waals surface area contributed by atoms with Crippen LogP contribution in [0.3, 0.4) is 0 Å². The van der Waals surface area contributed by atoms with Crippen molar-refractivity contribution in [2.75, 3.05) is 18.9 Å². The average molecular weight is 220 g/mol. The monoisotopic (exact) mass is 220 g/mol. The highest BCUT2D eigenvalue weighted by molar-refractivity contribution is 5.91. The van der Waals surface area contributed by atoms with Crippen LogP contribution in [0.15, 0.2) is 12.1 Å². The predicted molar refractivity (Wildman–Crippen MR) is 61.2 cm³/mol. The second kappa shape index (κ2) is 4.47. The Labute approximate surface area is 94.6 Å². The largest absolute Gasteiger partial charge is 0.368 e. The van der Waals surface area contributed by atoms with Gasteiger partial charge in [-0.25, -0.2) is 0 Å². The van der Waals surface area contributed by atoms with Crippen molar-refractivity contribution in [1.82, 2.24) is 15.5 Å². The van der Waals surface area contributed by atoms with E-state index in [4.69, 9.17) is 0 Å². The molecule has 0 radical (unpaired) electrons. The fraction of sp³-hybridized carbons (Fsp3) is 0.545. The molecule has 1 saturated carbocycles. The summed E-state index contributed by atoms with van der Waals surface area (Å²) in [5.74, 6) is 2.10. The number of carbonyl (C=O) groups excluding carboxylic acids is 1. The third-order valence-electron chi connectivity index (χ3n) is 2.95. The molecule has 2 unspecified atom stereocenters. The summed E-state index contributed by atoms with van der Waals surface area (Å²) in [5, 5.41) is 13.5. The summed E-state index contributed by atoms with van der Waals surface area (Å²) in [6.07, 6.45) is 1.29. The molecule has 2 N–H and O–H groups in total. The fourth-order valence-electron chi connectivity index (χ4n) is 1.59. The Morgan fingerprint density at radius 1 is 1.50 bits per heavy atom. The highest BCUT2D eigenvalue weighted by atomic mass is 16.1.